The molecular formula is C21H40BN5O8. The molecule has 0 spiro atoms. The maximum Gasteiger partial charge on any atom is 0.475 e. The summed E-state index contributed by atoms with van der Waals surface area (Å²) in [5.74, 6) is -1.84. The van der Waals surface area contributed by atoms with Gasteiger partial charge in [0.1, 0.15) is 12.6 Å². The Bertz CT molecular complexity index is 684. The number of nitrogens with zero attached hydrogens (tertiary/aromatic N) is 1. The summed E-state index contributed by atoms with van der Waals surface area (Å²) in [5, 5.41) is 26.7. The minimum absolute atomic E-state index is 0.0838. The molecule has 3 atom stereocenters. The number of hydrogen-bond donors (Lipinski definition) is 6. The molecule has 1 aliphatic heterocycles. The molecule has 0 aromatic heterocycles. The molecule has 1 heterocycles. The third kappa shape index (κ3) is 12.9. The first-order valence-electron chi connectivity index (χ1n) is 12.0. The highest BCUT2D eigenvalue weighted by Crippen LogP contribution is 2.18. The molecule has 0 aromatic carbocycles. The predicted octanol–water partition coefficient (Wildman–Crippen LogP) is -2.72. The highest BCUT2D eigenvalue weighted by Gasteiger charge is 2.38. The van der Waals surface area contributed by atoms with E-state index in [1.165, 1.54) is 18.7 Å². The van der Waals surface area contributed by atoms with E-state index in [1.54, 1.807) is 0 Å². The van der Waals surface area contributed by atoms with E-state index in [-0.39, 0.29) is 44.1 Å². The minimum Gasteiger partial charge on any atom is -0.426 e. The Morgan fingerprint density at radius 3 is 2.49 bits per heavy atom. The lowest BCUT2D eigenvalue weighted by molar-refractivity contribution is -0.137. The molecule has 1 fully saturated rings. The second kappa shape index (κ2) is 17.2. The van der Waals surface area contributed by atoms with E-state index in [0.29, 0.717) is 38.9 Å². The van der Waals surface area contributed by atoms with E-state index >= 15 is 0 Å². The standard InChI is InChI=1S/C21H40BN5O8/c1-15(21(31)27-10-5-7-18(27)22(32)33)26-19(29)14-35-13-12-34-11-9-25-20(30)17(23)6-3-4-8-24-16(2)28/h15,17-18,32-33H,3-14,23H2,1-2H3,(H,24,28)(H,25,30)(H,26,29)/t15-,17+,18?/m1/s1. The maximum atomic E-state index is 12.4. The Morgan fingerprint density at radius 1 is 1.09 bits per heavy atom. The fourth-order valence-corrected chi connectivity index (χ4v) is 3.62. The van der Waals surface area contributed by atoms with Crippen molar-refractivity contribution in [1.82, 2.24) is 20.9 Å². The monoisotopic (exact) mass is 501 g/mol. The van der Waals surface area contributed by atoms with Gasteiger partial charge >= 0.3 is 7.12 Å². The van der Waals surface area contributed by atoms with Crippen LogP contribution in [0, 0.1) is 0 Å². The van der Waals surface area contributed by atoms with Crippen molar-refractivity contribution in [2.24, 2.45) is 5.73 Å². The number of nitrogens with two attached hydrogens (primary N) is 1. The number of amides is 4. The quantitative estimate of drug-likeness (QED) is 0.0907. The van der Waals surface area contributed by atoms with Crippen molar-refractivity contribution in [1.29, 1.82) is 0 Å². The summed E-state index contributed by atoms with van der Waals surface area (Å²) in [4.78, 5) is 48.5. The van der Waals surface area contributed by atoms with Crippen molar-refractivity contribution in [2.75, 3.05) is 46.1 Å². The van der Waals surface area contributed by atoms with Crippen molar-refractivity contribution in [3.8, 4) is 0 Å². The van der Waals surface area contributed by atoms with Gasteiger partial charge in [0, 0.05) is 26.6 Å². The first kappa shape index (κ1) is 30.8. The summed E-state index contributed by atoms with van der Waals surface area (Å²) >= 11 is 0. The van der Waals surface area contributed by atoms with Gasteiger partial charge in [-0.15, -0.1) is 0 Å². The van der Waals surface area contributed by atoms with Gasteiger partial charge in [-0.05, 0) is 39.0 Å². The Morgan fingerprint density at radius 2 is 1.80 bits per heavy atom. The van der Waals surface area contributed by atoms with Crippen molar-refractivity contribution in [3.05, 3.63) is 0 Å². The Hall–Kier alpha value is -2.26. The molecule has 7 N–H and O–H groups in total. The number of nitrogens with one attached hydrogen (secondary N) is 3. The molecule has 1 aliphatic rings. The first-order valence-corrected chi connectivity index (χ1v) is 12.0. The second-order valence-corrected chi connectivity index (χ2v) is 8.49. The van der Waals surface area contributed by atoms with Crippen molar-refractivity contribution in [2.45, 2.75) is 64.0 Å². The molecule has 1 rings (SSSR count). The van der Waals surface area contributed by atoms with Crippen LogP contribution in [-0.4, -0.2) is 110 Å². The van der Waals surface area contributed by atoms with Crippen LogP contribution in [0.25, 0.3) is 0 Å². The van der Waals surface area contributed by atoms with Gasteiger partial charge in [-0.3, -0.25) is 19.2 Å². The summed E-state index contributed by atoms with van der Waals surface area (Å²) in [6.45, 7) is 4.64. The molecule has 1 saturated heterocycles. The predicted molar refractivity (Wildman–Crippen MR) is 128 cm³/mol. The zero-order valence-corrected chi connectivity index (χ0v) is 20.7. The van der Waals surface area contributed by atoms with Gasteiger partial charge in [-0.25, -0.2) is 0 Å². The topological polar surface area (TPSA) is 193 Å². The van der Waals surface area contributed by atoms with E-state index in [1.807, 2.05) is 0 Å². The van der Waals surface area contributed by atoms with Gasteiger partial charge in [0.15, 0.2) is 0 Å². The Kier molecular flexibility index (Phi) is 15.1. The lowest BCUT2D eigenvalue weighted by Crippen LogP contribution is -2.53. The number of likely N-dealkylation sites (tertiary alicyclic amines) is 1. The number of carbonyl (C=O) groups excluding carboxylic acids is 4. The first-order chi connectivity index (χ1) is 16.6. The SMILES string of the molecule is CC(=O)NCCCC[C@H](N)C(=O)NCCOCCOCC(=O)N[C@H](C)C(=O)N1CCCC1B(O)O. The van der Waals surface area contributed by atoms with Crippen LogP contribution in [0.4, 0.5) is 0 Å². The zero-order valence-electron chi connectivity index (χ0n) is 20.7. The van der Waals surface area contributed by atoms with Crippen molar-refractivity contribution < 1.29 is 38.7 Å². The average molecular weight is 501 g/mol. The summed E-state index contributed by atoms with van der Waals surface area (Å²) < 4.78 is 10.6. The fraction of sp³-hybridized carbons (Fsp3) is 0.810. The van der Waals surface area contributed by atoms with E-state index in [0.717, 1.165) is 12.8 Å². The molecular weight excluding hydrogens is 461 g/mol. The van der Waals surface area contributed by atoms with Gasteiger partial charge in [0.2, 0.25) is 23.6 Å². The van der Waals surface area contributed by atoms with Crippen LogP contribution < -0.4 is 21.7 Å². The van der Waals surface area contributed by atoms with Gasteiger partial charge < -0.3 is 46.1 Å². The van der Waals surface area contributed by atoms with Crippen LogP contribution in [0.3, 0.4) is 0 Å². The summed E-state index contributed by atoms with van der Waals surface area (Å²) in [5.41, 5.74) is 5.83. The summed E-state index contributed by atoms with van der Waals surface area (Å²) in [6, 6.07) is -1.43. The molecule has 1 unspecified atom stereocenters. The number of unbranched alkanes of at least 4 members (excludes halogenated alkanes) is 1. The van der Waals surface area contributed by atoms with Crippen LogP contribution >= 0.6 is 0 Å². The van der Waals surface area contributed by atoms with E-state index in [2.05, 4.69) is 16.0 Å². The highest BCUT2D eigenvalue weighted by atomic mass is 16.5. The third-order valence-electron chi connectivity index (χ3n) is 5.48. The largest absolute Gasteiger partial charge is 0.475 e. The molecule has 13 nitrogen and oxygen atoms in total. The number of rotatable bonds is 17. The second-order valence-electron chi connectivity index (χ2n) is 8.49. The molecule has 0 radical (unpaired) electrons. The lowest BCUT2D eigenvalue weighted by atomic mass is 9.78. The van der Waals surface area contributed by atoms with Crippen LogP contribution in [0.15, 0.2) is 0 Å². The number of carbonyl (C=O) groups is 4. The molecule has 0 aliphatic carbocycles. The van der Waals surface area contributed by atoms with Gasteiger partial charge in [-0.1, -0.05) is 0 Å². The number of ether oxygens (including phenoxy) is 2. The minimum atomic E-state index is -1.61. The van der Waals surface area contributed by atoms with Crippen molar-refractivity contribution in [3.63, 3.8) is 0 Å². The molecule has 4 amide bonds. The molecule has 0 saturated carbocycles. The van der Waals surface area contributed by atoms with E-state index in [9.17, 15) is 29.2 Å². The Balaban J connectivity index is 2.04. The van der Waals surface area contributed by atoms with E-state index < -0.39 is 31.1 Å². The molecule has 14 heteroatoms. The zero-order chi connectivity index (χ0) is 26.2. The van der Waals surface area contributed by atoms with Crippen LogP contribution in [0.2, 0.25) is 0 Å². The molecule has 0 aromatic rings. The molecule has 200 valence electrons. The lowest BCUT2D eigenvalue weighted by Gasteiger charge is -2.27. The average Bonchev–Trinajstić information content (AvgIpc) is 3.29. The maximum absolute atomic E-state index is 12.4. The molecule has 35 heavy (non-hydrogen) atoms. The molecule has 0 bridgehead atoms. The number of hydrogen-bond acceptors (Lipinski definition) is 9. The summed E-state index contributed by atoms with van der Waals surface area (Å²) in [7, 11) is -1.61. The van der Waals surface area contributed by atoms with Gasteiger partial charge in [0.25, 0.3) is 0 Å². The fourth-order valence-electron chi connectivity index (χ4n) is 3.62. The van der Waals surface area contributed by atoms with Gasteiger partial charge in [0.05, 0.1) is 31.8 Å². The highest BCUT2D eigenvalue weighted by molar-refractivity contribution is 6.43. The van der Waals surface area contributed by atoms with Crippen LogP contribution in [0.1, 0.15) is 46.0 Å². The Labute approximate surface area is 206 Å². The van der Waals surface area contributed by atoms with Crippen LogP contribution in [-0.2, 0) is 28.7 Å². The third-order valence-corrected chi connectivity index (χ3v) is 5.48. The smallest absolute Gasteiger partial charge is 0.426 e. The normalized spacial score (nSPS) is 16.9. The van der Waals surface area contributed by atoms with Crippen LogP contribution in [0.5, 0.6) is 0 Å². The summed E-state index contributed by atoms with van der Waals surface area (Å²) in [6.07, 6.45) is 3.19. The van der Waals surface area contributed by atoms with Crippen molar-refractivity contribution >= 4 is 30.7 Å². The van der Waals surface area contributed by atoms with Gasteiger partial charge in [-0.2, -0.15) is 0 Å². The van der Waals surface area contributed by atoms with E-state index in [4.69, 9.17) is 15.2 Å².